The van der Waals surface area contributed by atoms with Crippen LogP contribution in [0.2, 0.25) is 0 Å². The van der Waals surface area contributed by atoms with Gasteiger partial charge in [0.05, 0.1) is 0 Å². The van der Waals surface area contributed by atoms with Crippen LogP contribution < -0.4 is 0 Å². The van der Waals surface area contributed by atoms with Crippen LogP contribution in [0.4, 0.5) is 0 Å². The van der Waals surface area contributed by atoms with E-state index >= 15 is 0 Å². The Morgan fingerprint density at radius 1 is 1.18 bits per heavy atom. The van der Waals surface area contributed by atoms with Gasteiger partial charge in [-0.1, -0.05) is 32.9 Å². The van der Waals surface area contributed by atoms with Gasteiger partial charge < -0.3 is 0 Å². The molecule has 0 N–H and O–H groups in total. The fourth-order valence-corrected chi connectivity index (χ4v) is 0.552. The molecule has 0 aromatic heterocycles. The van der Waals surface area contributed by atoms with Gasteiger partial charge in [-0.3, -0.25) is 4.79 Å². The molecule has 0 radical (unpaired) electrons. The zero-order valence-corrected chi connectivity index (χ0v) is 7.72. The molecule has 1 heteroatoms. The summed E-state index contributed by atoms with van der Waals surface area (Å²) in [5, 5.41) is 0. The van der Waals surface area contributed by atoms with Gasteiger partial charge in [0, 0.05) is 0 Å². The molecular formula is C10H16O. The minimum atomic E-state index is 0.0578. The van der Waals surface area contributed by atoms with Crippen LogP contribution in [-0.4, -0.2) is 5.78 Å². The first-order chi connectivity index (χ1) is 4.95. The number of allylic oxidation sites excluding steroid dienone is 4. The molecule has 0 spiro atoms. The Kier molecular flexibility index (Phi) is 3.80. The van der Waals surface area contributed by atoms with Crippen LogP contribution in [0.15, 0.2) is 24.3 Å². The highest BCUT2D eigenvalue weighted by atomic mass is 16.1. The number of carbonyl (C=O) groups is 1. The molecule has 0 aliphatic carbocycles. The van der Waals surface area contributed by atoms with E-state index in [1.165, 1.54) is 0 Å². The third-order valence-electron chi connectivity index (χ3n) is 1.08. The molecule has 0 aliphatic rings. The molecular weight excluding hydrogens is 136 g/mol. The highest BCUT2D eigenvalue weighted by molar-refractivity contribution is 5.99. The second-order valence-corrected chi connectivity index (χ2v) is 3.60. The van der Waals surface area contributed by atoms with Crippen molar-refractivity contribution in [3.8, 4) is 0 Å². The zero-order valence-electron chi connectivity index (χ0n) is 7.72. The monoisotopic (exact) mass is 152 g/mol. The van der Waals surface area contributed by atoms with Gasteiger partial charge in [-0.15, -0.1) is 0 Å². The van der Waals surface area contributed by atoms with E-state index in [2.05, 4.69) is 20.8 Å². The molecule has 0 aromatic rings. The van der Waals surface area contributed by atoms with E-state index in [-0.39, 0.29) is 11.2 Å². The SMILES string of the molecule is CC=CC(=O)/C=C/C(C)(C)C. The van der Waals surface area contributed by atoms with Crippen LogP contribution in [-0.2, 0) is 4.79 Å². The van der Waals surface area contributed by atoms with Crippen molar-refractivity contribution < 1.29 is 4.79 Å². The van der Waals surface area contributed by atoms with Crippen molar-refractivity contribution in [1.82, 2.24) is 0 Å². The van der Waals surface area contributed by atoms with Crippen LogP contribution in [0.1, 0.15) is 27.7 Å². The lowest BCUT2D eigenvalue weighted by atomic mass is 9.96. The predicted octanol–water partition coefficient (Wildman–Crippen LogP) is 2.73. The molecule has 0 bridgehead atoms. The van der Waals surface area contributed by atoms with Gasteiger partial charge in [-0.25, -0.2) is 0 Å². The Balaban J connectivity index is 4.04. The Morgan fingerprint density at radius 3 is 2.09 bits per heavy atom. The minimum Gasteiger partial charge on any atom is -0.290 e. The molecule has 1 nitrogen and oxygen atoms in total. The summed E-state index contributed by atoms with van der Waals surface area (Å²) in [6.07, 6.45) is 6.83. The molecule has 62 valence electrons. The second-order valence-electron chi connectivity index (χ2n) is 3.60. The van der Waals surface area contributed by atoms with E-state index < -0.39 is 0 Å². The molecule has 0 rings (SSSR count). The lowest BCUT2D eigenvalue weighted by Gasteiger charge is -2.09. The van der Waals surface area contributed by atoms with Crippen molar-refractivity contribution in [2.24, 2.45) is 5.41 Å². The van der Waals surface area contributed by atoms with Gasteiger partial charge in [0.25, 0.3) is 0 Å². The summed E-state index contributed by atoms with van der Waals surface area (Å²) in [7, 11) is 0. The standard InChI is InChI=1S/C10H16O/c1-5-6-9(11)7-8-10(2,3)4/h5-8H,1-4H3/b6-5?,8-7+. The first-order valence-electron chi connectivity index (χ1n) is 3.81. The number of hydrogen-bond acceptors (Lipinski definition) is 1. The summed E-state index contributed by atoms with van der Waals surface area (Å²) in [6.45, 7) is 8.02. The molecule has 0 aromatic carbocycles. The molecule has 11 heavy (non-hydrogen) atoms. The average Bonchev–Trinajstić information content (AvgIpc) is 1.83. The molecule has 0 fully saturated rings. The van der Waals surface area contributed by atoms with Crippen LogP contribution in [0.25, 0.3) is 0 Å². The molecule has 0 unspecified atom stereocenters. The lowest BCUT2D eigenvalue weighted by Crippen LogP contribution is -2.00. The maximum absolute atomic E-state index is 10.9. The van der Waals surface area contributed by atoms with Gasteiger partial charge in [0.1, 0.15) is 0 Å². The molecule has 0 atom stereocenters. The fraction of sp³-hybridized carbons (Fsp3) is 0.500. The highest BCUT2D eigenvalue weighted by Crippen LogP contribution is 2.14. The van der Waals surface area contributed by atoms with Crippen LogP contribution in [0, 0.1) is 5.41 Å². The number of hydrogen-bond donors (Lipinski definition) is 0. The number of carbonyl (C=O) groups excluding carboxylic acids is 1. The van der Waals surface area contributed by atoms with Gasteiger partial charge in [0.15, 0.2) is 5.78 Å². The van der Waals surface area contributed by atoms with Crippen molar-refractivity contribution in [1.29, 1.82) is 0 Å². The molecule has 0 amide bonds. The van der Waals surface area contributed by atoms with Gasteiger partial charge in [0.2, 0.25) is 0 Å². The van der Waals surface area contributed by atoms with Gasteiger partial charge in [-0.2, -0.15) is 0 Å². The van der Waals surface area contributed by atoms with E-state index in [1.807, 2.05) is 13.0 Å². The van der Waals surface area contributed by atoms with Crippen LogP contribution in [0.3, 0.4) is 0 Å². The van der Waals surface area contributed by atoms with E-state index in [0.29, 0.717) is 0 Å². The summed E-state index contributed by atoms with van der Waals surface area (Å²) in [5.74, 6) is 0.0578. The first-order valence-corrected chi connectivity index (χ1v) is 3.81. The Bertz CT molecular complexity index is 180. The van der Waals surface area contributed by atoms with Crippen molar-refractivity contribution in [2.75, 3.05) is 0 Å². The van der Waals surface area contributed by atoms with Gasteiger partial charge >= 0.3 is 0 Å². The van der Waals surface area contributed by atoms with Crippen LogP contribution in [0.5, 0.6) is 0 Å². The summed E-state index contributed by atoms with van der Waals surface area (Å²) < 4.78 is 0. The van der Waals surface area contributed by atoms with Crippen molar-refractivity contribution in [3.05, 3.63) is 24.3 Å². The smallest absolute Gasteiger partial charge is 0.178 e. The zero-order chi connectivity index (χ0) is 8.91. The average molecular weight is 152 g/mol. The van der Waals surface area contributed by atoms with Crippen molar-refractivity contribution in [3.63, 3.8) is 0 Å². The number of rotatable bonds is 2. The molecule has 0 heterocycles. The number of ketones is 1. The quantitative estimate of drug-likeness (QED) is 0.556. The Morgan fingerprint density at radius 2 is 1.73 bits per heavy atom. The van der Waals surface area contributed by atoms with Crippen molar-refractivity contribution in [2.45, 2.75) is 27.7 Å². The maximum Gasteiger partial charge on any atom is 0.178 e. The predicted molar refractivity (Wildman–Crippen MR) is 48.4 cm³/mol. The lowest BCUT2D eigenvalue weighted by molar-refractivity contribution is -0.110. The third kappa shape index (κ3) is 7.04. The van der Waals surface area contributed by atoms with E-state index in [9.17, 15) is 4.79 Å². The maximum atomic E-state index is 10.9. The van der Waals surface area contributed by atoms with E-state index in [1.54, 1.807) is 18.2 Å². The van der Waals surface area contributed by atoms with E-state index in [0.717, 1.165) is 0 Å². The molecule has 0 aliphatic heterocycles. The largest absolute Gasteiger partial charge is 0.290 e. The summed E-state index contributed by atoms with van der Waals surface area (Å²) in [6, 6.07) is 0. The summed E-state index contributed by atoms with van der Waals surface area (Å²) in [5.41, 5.74) is 0.0945. The van der Waals surface area contributed by atoms with Crippen LogP contribution >= 0.6 is 0 Å². The summed E-state index contributed by atoms with van der Waals surface area (Å²) in [4.78, 5) is 10.9. The van der Waals surface area contributed by atoms with Gasteiger partial charge in [-0.05, 0) is 24.5 Å². The molecule has 0 saturated carbocycles. The highest BCUT2D eigenvalue weighted by Gasteiger charge is 2.03. The fourth-order valence-electron chi connectivity index (χ4n) is 0.552. The van der Waals surface area contributed by atoms with Crippen molar-refractivity contribution >= 4 is 5.78 Å². The Labute approximate surface area is 68.8 Å². The Hall–Kier alpha value is -0.850. The second kappa shape index (κ2) is 4.12. The normalized spacial score (nSPS) is 13.1. The summed E-state index contributed by atoms with van der Waals surface area (Å²) >= 11 is 0. The van der Waals surface area contributed by atoms with E-state index in [4.69, 9.17) is 0 Å². The minimum absolute atomic E-state index is 0.0578. The first kappa shape index (κ1) is 10.2. The molecule has 0 saturated heterocycles. The third-order valence-corrected chi connectivity index (χ3v) is 1.08. The topological polar surface area (TPSA) is 17.1 Å².